The lowest BCUT2D eigenvalue weighted by Gasteiger charge is -2.29. The smallest absolute Gasteiger partial charge is 0.251 e. The Morgan fingerprint density at radius 3 is 2.42 bits per heavy atom. The van der Waals surface area contributed by atoms with E-state index in [1.165, 1.54) is 0 Å². The zero-order chi connectivity index (χ0) is 22.0. The van der Waals surface area contributed by atoms with Crippen molar-refractivity contribution in [2.75, 3.05) is 25.5 Å². The van der Waals surface area contributed by atoms with Crippen LogP contribution in [0, 0.1) is 0 Å². The summed E-state index contributed by atoms with van der Waals surface area (Å²) in [5.41, 5.74) is 8.96. The van der Waals surface area contributed by atoms with Crippen LogP contribution in [0.5, 0.6) is 0 Å². The fourth-order valence-corrected chi connectivity index (χ4v) is 3.95. The summed E-state index contributed by atoms with van der Waals surface area (Å²) in [7, 11) is 2.10. The molecule has 1 aliphatic rings. The Morgan fingerprint density at radius 2 is 1.77 bits per heavy atom. The van der Waals surface area contributed by atoms with E-state index in [1.807, 2.05) is 35.8 Å². The first-order chi connectivity index (χ1) is 14.9. The van der Waals surface area contributed by atoms with Gasteiger partial charge in [-0.3, -0.25) is 9.59 Å². The van der Waals surface area contributed by atoms with Gasteiger partial charge < -0.3 is 25.8 Å². The average molecular weight is 421 g/mol. The molecule has 8 nitrogen and oxygen atoms in total. The van der Waals surface area contributed by atoms with Gasteiger partial charge in [-0.25, -0.2) is 4.98 Å². The largest absolute Gasteiger partial charge is 0.366 e. The topological polar surface area (TPSA) is 105 Å². The number of hydrogen-bond acceptors (Lipinski definition) is 5. The molecule has 3 aromatic rings. The summed E-state index contributed by atoms with van der Waals surface area (Å²) in [6.45, 7) is 4.71. The second-order valence-electron chi connectivity index (χ2n) is 8.00. The maximum atomic E-state index is 12.6. The molecule has 1 saturated heterocycles. The lowest BCUT2D eigenvalue weighted by Crippen LogP contribution is -2.43. The van der Waals surface area contributed by atoms with Crippen LogP contribution in [0.15, 0.2) is 42.5 Å². The number of primary amides is 1. The number of anilines is 2. The van der Waals surface area contributed by atoms with Gasteiger partial charge in [-0.05, 0) is 82.4 Å². The number of benzene rings is 2. The van der Waals surface area contributed by atoms with Gasteiger partial charge in [0.25, 0.3) is 5.91 Å². The number of hydrogen-bond donors (Lipinski definition) is 3. The van der Waals surface area contributed by atoms with Crippen LogP contribution in [0.1, 0.15) is 40.5 Å². The fraction of sp³-hybridized carbons (Fsp3) is 0.348. The van der Waals surface area contributed by atoms with Crippen molar-refractivity contribution in [1.82, 2.24) is 19.8 Å². The molecular formula is C23H28N6O2. The van der Waals surface area contributed by atoms with Crippen molar-refractivity contribution in [2.45, 2.75) is 32.4 Å². The van der Waals surface area contributed by atoms with Gasteiger partial charge in [-0.1, -0.05) is 0 Å². The van der Waals surface area contributed by atoms with Gasteiger partial charge in [0.2, 0.25) is 11.9 Å². The van der Waals surface area contributed by atoms with Gasteiger partial charge in [0.1, 0.15) is 0 Å². The molecular weight excluding hydrogens is 392 g/mol. The lowest BCUT2D eigenvalue weighted by atomic mass is 10.0. The first-order valence-corrected chi connectivity index (χ1v) is 10.6. The summed E-state index contributed by atoms with van der Waals surface area (Å²) in [6.07, 6.45) is 1.96. The van der Waals surface area contributed by atoms with E-state index < -0.39 is 5.91 Å². The normalized spacial score (nSPS) is 15.2. The van der Waals surface area contributed by atoms with Crippen molar-refractivity contribution in [3.05, 3.63) is 53.6 Å². The molecule has 0 atom stereocenters. The molecule has 2 aromatic carbocycles. The fourth-order valence-electron chi connectivity index (χ4n) is 3.95. The highest BCUT2D eigenvalue weighted by molar-refractivity contribution is 5.97. The number of piperidine rings is 1. The standard InChI is InChI=1S/C23H28N6O2/c1-3-29-20-14-16(21(24)30)6-9-19(20)27-23(29)26-17-7-4-15(5-8-17)22(31)25-18-10-12-28(2)13-11-18/h4-9,14,18H,3,10-13H2,1-2H3,(H2,24,30)(H,25,31)(H,26,27). The molecule has 0 spiro atoms. The molecule has 8 heteroatoms. The Balaban J connectivity index is 1.48. The number of aromatic nitrogens is 2. The maximum Gasteiger partial charge on any atom is 0.251 e. The highest BCUT2D eigenvalue weighted by Crippen LogP contribution is 2.24. The molecule has 4 rings (SSSR count). The van der Waals surface area contributed by atoms with E-state index in [2.05, 4.69) is 27.6 Å². The SMILES string of the molecule is CCn1c(Nc2ccc(C(=O)NC3CCN(C)CC3)cc2)nc2ccc(C(N)=O)cc21. The van der Waals surface area contributed by atoms with E-state index in [4.69, 9.17) is 5.73 Å². The van der Waals surface area contributed by atoms with Crippen molar-refractivity contribution in [3.8, 4) is 0 Å². The average Bonchev–Trinajstić information content (AvgIpc) is 3.11. The Kier molecular flexibility index (Phi) is 5.90. The third-order valence-corrected chi connectivity index (χ3v) is 5.81. The summed E-state index contributed by atoms with van der Waals surface area (Å²) in [4.78, 5) is 31.0. The van der Waals surface area contributed by atoms with Crippen LogP contribution >= 0.6 is 0 Å². The number of amides is 2. The van der Waals surface area contributed by atoms with E-state index in [1.54, 1.807) is 18.2 Å². The highest BCUT2D eigenvalue weighted by atomic mass is 16.2. The molecule has 1 fully saturated rings. The molecule has 1 aromatic heterocycles. The Morgan fingerprint density at radius 1 is 1.10 bits per heavy atom. The Bertz CT molecular complexity index is 1100. The summed E-state index contributed by atoms with van der Waals surface area (Å²) < 4.78 is 1.99. The first-order valence-electron chi connectivity index (χ1n) is 10.6. The molecule has 4 N–H and O–H groups in total. The van der Waals surface area contributed by atoms with Gasteiger partial charge in [-0.2, -0.15) is 0 Å². The summed E-state index contributed by atoms with van der Waals surface area (Å²) in [5.74, 6) is 0.165. The number of likely N-dealkylation sites (tertiary alicyclic amines) is 1. The molecule has 2 amide bonds. The van der Waals surface area contributed by atoms with Crippen LogP contribution < -0.4 is 16.4 Å². The summed E-state index contributed by atoms with van der Waals surface area (Å²) >= 11 is 0. The molecule has 0 saturated carbocycles. The zero-order valence-corrected chi connectivity index (χ0v) is 17.9. The van der Waals surface area contributed by atoms with Gasteiger partial charge >= 0.3 is 0 Å². The van der Waals surface area contributed by atoms with Crippen molar-refractivity contribution in [3.63, 3.8) is 0 Å². The molecule has 0 unspecified atom stereocenters. The van der Waals surface area contributed by atoms with Gasteiger partial charge in [0.15, 0.2) is 0 Å². The maximum absolute atomic E-state index is 12.6. The number of rotatable bonds is 6. The van der Waals surface area contributed by atoms with Crippen LogP contribution in [-0.4, -0.2) is 52.4 Å². The number of nitrogens with two attached hydrogens (primary N) is 1. The molecule has 1 aliphatic heterocycles. The molecule has 0 aliphatic carbocycles. The van der Waals surface area contributed by atoms with Crippen molar-refractivity contribution in [2.24, 2.45) is 5.73 Å². The minimum Gasteiger partial charge on any atom is -0.366 e. The summed E-state index contributed by atoms with van der Waals surface area (Å²) in [5, 5.41) is 6.45. The Labute approximate surface area is 181 Å². The van der Waals surface area contributed by atoms with Crippen molar-refractivity contribution >= 4 is 34.5 Å². The van der Waals surface area contributed by atoms with Crippen LogP contribution in [-0.2, 0) is 6.54 Å². The number of carbonyl (C=O) groups excluding carboxylic acids is 2. The van der Waals surface area contributed by atoms with Gasteiger partial charge in [0.05, 0.1) is 11.0 Å². The third kappa shape index (κ3) is 4.54. The number of aryl methyl sites for hydroxylation is 1. The minimum absolute atomic E-state index is 0.0409. The van der Waals surface area contributed by atoms with Crippen LogP contribution in [0.2, 0.25) is 0 Å². The molecule has 31 heavy (non-hydrogen) atoms. The first kappa shape index (κ1) is 20.9. The molecule has 0 radical (unpaired) electrons. The minimum atomic E-state index is -0.464. The highest BCUT2D eigenvalue weighted by Gasteiger charge is 2.19. The van der Waals surface area contributed by atoms with E-state index in [0.29, 0.717) is 23.6 Å². The number of imidazole rings is 1. The summed E-state index contributed by atoms with van der Waals surface area (Å²) in [6, 6.07) is 12.8. The van der Waals surface area contributed by atoms with Gasteiger partial charge in [-0.15, -0.1) is 0 Å². The number of nitrogens with zero attached hydrogens (tertiary/aromatic N) is 3. The number of nitrogens with one attached hydrogen (secondary N) is 2. The van der Waals surface area contributed by atoms with E-state index in [-0.39, 0.29) is 11.9 Å². The van der Waals surface area contributed by atoms with Crippen LogP contribution in [0.4, 0.5) is 11.6 Å². The Hall–Kier alpha value is -3.39. The van der Waals surface area contributed by atoms with Crippen molar-refractivity contribution < 1.29 is 9.59 Å². The van der Waals surface area contributed by atoms with Crippen LogP contribution in [0.25, 0.3) is 11.0 Å². The molecule has 162 valence electrons. The molecule has 2 heterocycles. The van der Waals surface area contributed by atoms with Crippen LogP contribution in [0.3, 0.4) is 0 Å². The lowest BCUT2D eigenvalue weighted by molar-refractivity contribution is 0.0916. The van der Waals surface area contributed by atoms with E-state index in [9.17, 15) is 9.59 Å². The second-order valence-corrected chi connectivity index (χ2v) is 8.00. The third-order valence-electron chi connectivity index (χ3n) is 5.81. The quantitative estimate of drug-likeness (QED) is 0.569. The number of fused-ring (bicyclic) bond motifs is 1. The predicted molar refractivity (Wildman–Crippen MR) is 122 cm³/mol. The molecule has 0 bridgehead atoms. The van der Waals surface area contributed by atoms with Gasteiger partial charge in [0, 0.05) is 29.4 Å². The monoisotopic (exact) mass is 420 g/mol. The van der Waals surface area contributed by atoms with E-state index >= 15 is 0 Å². The van der Waals surface area contributed by atoms with Crippen molar-refractivity contribution in [1.29, 1.82) is 0 Å². The van der Waals surface area contributed by atoms with E-state index in [0.717, 1.165) is 42.7 Å². The zero-order valence-electron chi connectivity index (χ0n) is 17.9. The predicted octanol–water partition coefficient (Wildman–Crippen LogP) is 2.72. The number of carbonyl (C=O) groups is 2. The second kappa shape index (κ2) is 8.77.